The SMILES string of the molecule is C[C@H]1OC[C@]2(c3cc(NC(=O)c4cnc(C(F)F)cn4)ccc3F)N=C(N)O[C@H](C(F)(F)F)C12. The Morgan fingerprint density at radius 2 is 2.00 bits per heavy atom. The lowest BCUT2D eigenvalue weighted by Gasteiger charge is -2.41. The first kappa shape index (κ1) is 23.7. The second-order valence-electron chi connectivity index (χ2n) is 7.77. The first-order valence-electron chi connectivity index (χ1n) is 9.84. The average Bonchev–Trinajstić information content (AvgIpc) is 3.10. The molecular formula is C20H17F6N5O3. The number of hydrogen-bond donors (Lipinski definition) is 2. The van der Waals surface area contributed by atoms with Gasteiger partial charge in [0.2, 0.25) is 6.10 Å². The van der Waals surface area contributed by atoms with Crippen LogP contribution in [0.1, 0.15) is 35.1 Å². The monoisotopic (exact) mass is 489 g/mol. The van der Waals surface area contributed by atoms with Crippen molar-refractivity contribution < 1.29 is 40.6 Å². The molecule has 34 heavy (non-hydrogen) atoms. The van der Waals surface area contributed by atoms with E-state index in [2.05, 4.69) is 20.3 Å². The molecule has 0 spiro atoms. The summed E-state index contributed by atoms with van der Waals surface area (Å²) in [7, 11) is 0. The number of carbonyl (C=O) groups excluding carboxylic acids is 1. The first-order valence-corrected chi connectivity index (χ1v) is 9.84. The minimum Gasteiger partial charge on any atom is -0.452 e. The van der Waals surface area contributed by atoms with E-state index in [1.807, 2.05) is 0 Å². The summed E-state index contributed by atoms with van der Waals surface area (Å²) in [6.07, 6.45) is -9.56. The first-order chi connectivity index (χ1) is 15.9. The molecule has 14 heteroatoms. The summed E-state index contributed by atoms with van der Waals surface area (Å²) in [5, 5.41) is 2.38. The highest BCUT2D eigenvalue weighted by molar-refractivity contribution is 6.02. The third-order valence-corrected chi connectivity index (χ3v) is 5.65. The van der Waals surface area contributed by atoms with Crippen LogP contribution in [0.15, 0.2) is 35.6 Å². The predicted octanol–water partition coefficient (Wildman–Crippen LogP) is 3.31. The van der Waals surface area contributed by atoms with Crippen LogP contribution in [0.25, 0.3) is 0 Å². The molecule has 2 aromatic rings. The Labute approximate surface area is 188 Å². The zero-order valence-electron chi connectivity index (χ0n) is 17.3. The molecule has 4 atom stereocenters. The number of nitrogens with one attached hydrogen (secondary N) is 1. The standard InChI is InChI=1S/C20H17F6N5O3/c1-8-14-15(20(24,25)26)34-18(27)31-19(14,7-33-8)10-4-9(2-3-11(10)21)30-17(32)13-6-28-12(5-29-13)16(22)23/h2-6,8,14-16H,7H2,1H3,(H2,27,31)(H,30,32)/t8-,14?,15+,19-/m1/s1. The van der Waals surface area contributed by atoms with Gasteiger partial charge in [-0.2, -0.15) is 13.2 Å². The van der Waals surface area contributed by atoms with Crippen LogP contribution < -0.4 is 11.1 Å². The number of fused-ring (bicyclic) bond motifs is 1. The van der Waals surface area contributed by atoms with Gasteiger partial charge in [-0.3, -0.25) is 9.78 Å². The molecule has 2 aliphatic rings. The summed E-state index contributed by atoms with van der Waals surface area (Å²) in [5.41, 5.74) is 2.42. The third-order valence-electron chi connectivity index (χ3n) is 5.65. The van der Waals surface area contributed by atoms with Crippen LogP contribution in [0.4, 0.5) is 32.0 Å². The molecule has 182 valence electrons. The maximum atomic E-state index is 15.0. The summed E-state index contributed by atoms with van der Waals surface area (Å²) in [6, 6.07) is 2.43. The van der Waals surface area contributed by atoms with Gasteiger partial charge >= 0.3 is 6.18 Å². The number of aliphatic imine (C=N–C) groups is 1. The summed E-state index contributed by atoms with van der Waals surface area (Å²) < 4.78 is 91.6. The number of carbonyl (C=O) groups is 1. The van der Waals surface area contributed by atoms with Gasteiger partial charge < -0.3 is 20.5 Å². The maximum Gasteiger partial charge on any atom is 0.426 e. The number of amidine groups is 1. The second-order valence-corrected chi connectivity index (χ2v) is 7.77. The number of nitrogens with two attached hydrogens (primary N) is 1. The van der Waals surface area contributed by atoms with Gasteiger partial charge in [0.25, 0.3) is 18.4 Å². The Balaban J connectivity index is 1.70. The number of hydrogen-bond acceptors (Lipinski definition) is 7. The van der Waals surface area contributed by atoms with Gasteiger partial charge in [0.05, 0.1) is 31.0 Å². The fourth-order valence-corrected chi connectivity index (χ4v) is 4.16. The minimum atomic E-state index is -4.84. The van der Waals surface area contributed by atoms with Crippen LogP contribution in [0.5, 0.6) is 0 Å². The highest BCUT2D eigenvalue weighted by Crippen LogP contribution is 2.51. The van der Waals surface area contributed by atoms with Crippen molar-refractivity contribution in [2.75, 3.05) is 11.9 Å². The Morgan fingerprint density at radius 3 is 2.62 bits per heavy atom. The summed E-state index contributed by atoms with van der Waals surface area (Å²) in [5.74, 6) is -3.23. The smallest absolute Gasteiger partial charge is 0.426 e. The number of benzene rings is 1. The van der Waals surface area contributed by atoms with Crippen LogP contribution in [0, 0.1) is 11.7 Å². The van der Waals surface area contributed by atoms with Gasteiger partial charge in [0, 0.05) is 11.3 Å². The zero-order chi connectivity index (χ0) is 24.8. The van der Waals surface area contributed by atoms with Gasteiger partial charge in [0.15, 0.2) is 0 Å². The van der Waals surface area contributed by atoms with Crippen LogP contribution in [0.3, 0.4) is 0 Å². The Kier molecular flexibility index (Phi) is 5.87. The lowest BCUT2D eigenvalue weighted by molar-refractivity contribution is -0.226. The number of alkyl halides is 5. The van der Waals surface area contributed by atoms with Crippen LogP contribution in [0.2, 0.25) is 0 Å². The number of rotatable bonds is 4. The van der Waals surface area contributed by atoms with E-state index < -0.39 is 66.3 Å². The second kappa shape index (κ2) is 8.42. The van der Waals surface area contributed by atoms with E-state index in [1.165, 1.54) is 6.92 Å². The molecule has 3 heterocycles. The molecule has 1 saturated heterocycles. The molecule has 0 radical (unpaired) electrons. The van der Waals surface area contributed by atoms with Crippen LogP contribution in [-0.2, 0) is 15.0 Å². The maximum absolute atomic E-state index is 15.0. The van der Waals surface area contributed by atoms with E-state index in [0.717, 1.165) is 30.6 Å². The molecule has 1 unspecified atom stereocenters. The Bertz CT molecular complexity index is 1130. The van der Waals surface area contributed by atoms with E-state index in [0.29, 0.717) is 0 Å². The topological polar surface area (TPSA) is 112 Å². The Hall–Kier alpha value is -3.42. The number of ether oxygens (including phenoxy) is 2. The lowest BCUT2D eigenvalue weighted by atomic mass is 9.74. The molecule has 2 aliphatic heterocycles. The highest BCUT2D eigenvalue weighted by Gasteiger charge is 2.64. The van der Waals surface area contributed by atoms with Crippen molar-refractivity contribution in [2.24, 2.45) is 16.6 Å². The fourth-order valence-electron chi connectivity index (χ4n) is 4.16. The molecule has 0 saturated carbocycles. The van der Waals surface area contributed by atoms with Gasteiger partial charge in [-0.05, 0) is 25.1 Å². The number of nitrogens with zero attached hydrogens (tertiary/aromatic N) is 3. The molecule has 0 aliphatic carbocycles. The van der Waals surface area contributed by atoms with Gasteiger partial charge in [-0.15, -0.1) is 0 Å². The lowest BCUT2D eigenvalue weighted by Crippen LogP contribution is -2.55. The number of aromatic nitrogens is 2. The van der Waals surface area contributed by atoms with E-state index >= 15 is 0 Å². The van der Waals surface area contributed by atoms with E-state index in [-0.39, 0.29) is 16.9 Å². The molecule has 3 N–H and O–H groups in total. The molecular weight excluding hydrogens is 472 g/mol. The van der Waals surface area contributed by atoms with Crippen molar-refractivity contribution in [3.63, 3.8) is 0 Å². The zero-order valence-corrected chi connectivity index (χ0v) is 17.3. The molecule has 8 nitrogen and oxygen atoms in total. The van der Waals surface area contributed by atoms with Crippen molar-refractivity contribution in [1.29, 1.82) is 0 Å². The molecule has 1 aromatic heterocycles. The van der Waals surface area contributed by atoms with Crippen molar-refractivity contribution >= 4 is 17.6 Å². The number of halogens is 6. The van der Waals surface area contributed by atoms with Crippen molar-refractivity contribution in [2.45, 2.75) is 37.3 Å². The summed E-state index contributed by atoms with van der Waals surface area (Å²) in [4.78, 5) is 23.5. The highest BCUT2D eigenvalue weighted by atomic mass is 19.4. The van der Waals surface area contributed by atoms with Crippen LogP contribution >= 0.6 is 0 Å². The molecule has 1 aromatic carbocycles. The quantitative estimate of drug-likeness (QED) is 0.638. The number of anilines is 1. The van der Waals surface area contributed by atoms with Crippen molar-refractivity contribution in [3.05, 3.63) is 53.4 Å². The van der Waals surface area contributed by atoms with Gasteiger partial charge in [-0.1, -0.05) is 0 Å². The van der Waals surface area contributed by atoms with Crippen molar-refractivity contribution in [1.82, 2.24) is 9.97 Å². The fraction of sp³-hybridized carbons (Fsp3) is 0.400. The molecule has 4 rings (SSSR count). The predicted molar refractivity (Wildman–Crippen MR) is 104 cm³/mol. The van der Waals surface area contributed by atoms with E-state index in [1.54, 1.807) is 0 Å². The van der Waals surface area contributed by atoms with E-state index in [4.69, 9.17) is 15.2 Å². The van der Waals surface area contributed by atoms with Gasteiger partial charge in [-0.25, -0.2) is 23.1 Å². The van der Waals surface area contributed by atoms with Gasteiger partial charge in [0.1, 0.15) is 22.7 Å². The normalized spacial score (nSPS) is 26.6. The van der Waals surface area contributed by atoms with Crippen molar-refractivity contribution in [3.8, 4) is 0 Å². The molecule has 1 fully saturated rings. The molecule has 1 amide bonds. The summed E-state index contributed by atoms with van der Waals surface area (Å²) >= 11 is 0. The minimum absolute atomic E-state index is 0.0161. The molecule has 0 bridgehead atoms. The largest absolute Gasteiger partial charge is 0.452 e. The number of amides is 1. The third kappa shape index (κ3) is 4.13. The van der Waals surface area contributed by atoms with E-state index in [9.17, 15) is 31.1 Å². The average molecular weight is 489 g/mol. The van der Waals surface area contributed by atoms with Crippen LogP contribution in [-0.4, -0.2) is 46.9 Å². The summed E-state index contributed by atoms with van der Waals surface area (Å²) in [6.45, 7) is 0.973. The Morgan fingerprint density at radius 1 is 1.26 bits per heavy atom.